The lowest BCUT2D eigenvalue weighted by molar-refractivity contribution is -0.141. The SMILES string of the molecule is CCN(Cc1ccncc1)C(=O)N1C[C@H](O)C[C@H]1C(=O)O. The van der Waals surface area contributed by atoms with E-state index in [-0.39, 0.29) is 19.0 Å². The molecular formula is C14H19N3O4. The molecule has 1 aliphatic heterocycles. The fraction of sp³-hybridized carbons (Fsp3) is 0.500. The fourth-order valence-electron chi connectivity index (χ4n) is 2.46. The standard InChI is InChI=1S/C14H19N3O4/c1-2-16(8-10-3-5-15-6-4-10)14(21)17-9-11(18)7-12(17)13(19)20/h3-6,11-12,18H,2,7-9H2,1H3,(H,19,20)/t11-,12+/m1/s1. The summed E-state index contributed by atoms with van der Waals surface area (Å²) < 4.78 is 0. The maximum Gasteiger partial charge on any atom is 0.326 e. The summed E-state index contributed by atoms with van der Waals surface area (Å²) >= 11 is 0. The van der Waals surface area contributed by atoms with E-state index in [0.29, 0.717) is 13.1 Å². The third kappa shape index (κ3) is 3.49. The smallest absolute Gasteiger partial charge is 0.326 e. The van der Waals surface area contributed by atoms with Gasteiger partial charge >= 0.3 is 12.0 Å². The molecule has 1 saturated heterocycles. The normalized spacial score (nSPS) is 21.3. The maximum absolute atomic E-state index is 12.5. The molecule has 2 amide bonds. The molecule has 0 radical (unpaired) electrons. The number of hydrogen-bond donors (Lipinski definition) is 2. The second kappa shape index (κ2) is 6.53. The molecule has 2 heterocycles. The fourth-order valence-corrected chi connectivity index (χ4v) is 2.46. The highest BCUT2D eigenvalue weighted by atomic mass is 16.4. The van der Waals surface area contributed by atoms with Crippen molar-refractivity contribution in [1.29, 1.82) is 0 Å². The Labute approximate surface area is 122 Å². The molecular weight excluding hydrogens is 274 g/mol. The number of aliphatic hydroxyl groups excluding tert-OH is 1. The lowest BCUT2D eigenvalue weighted by atomic mass is 10.2. The van der Waals surface area contributed by atoms with Gasteiger partial charge in [0.25, 0.3) is 0 Å². The Kier molecular flexibility index (Phi) is 4.74. The number of carbonyl (C=O) groups excluding carboxylic acids is 1. The van der Waals surface area contributed by atoms with Gasteiger partial charge in [0.1, 0.15) is 6.04 Å². The van der Waals surface area contributed by atoms with Gasteiger partial charge in [-0.3, -0.25) is 4.98 Å². The number of aliphatic carboxylic acids is 1. The van der Waals surface area contributed by atoms with Crippen molar-refractivity contribution in [2.75, 3.05) is 13.1 Å². The van der Waals surface area contributed by atoms with Crippen LogP contribution >= 0.6 is 0 Å². The Bertz CT molecular complexity index is 508. The number of amides is 2. The summed E-state index contributed by atoms with van der Waals surface area (Å²) in [6.07, 6.45) is 2.59. The quantitative estimate of drug-likeness (QED) is 0.845. The van der Waals surface area contributed by atoms with E-state index in [4.69, 9.17) is 5.11 Å². The number of rotatable bonds is 4. The van der Waals surface area contributed by atoms with Crippen LogP contribution in [-0.2, 0) is 11.3 Å². The molecule has 2 atom stereocenters. The molecule has 1 fully saturated rings. The maximum atomic E-state index is 12.5. The number of β-amino-alcohol motifs (C(OH)–C–C–N with tert-alkyl or cyclic N) is 1. The molecule has 0 spiro atoms. The van der Waals surface area contributed by atoms with E-state index < -0.39 is 18.1 Å². The third-order valence-electron chi connectivity index (χ3n) is 3.58. The topological polar surface area (TPSA) is 94.0 Å². The molecule has 0 aromatic carbocycles. The minimum atomic E-state index is -1.08. The number of urea groups is 1. The number of hydrogen-bond acceptors (Lipinski definition) is 4. The van der Waals surface area contributed by atoms with Gasteiger partial charge in [-0.1, -0.05) is 0 Å². The van der Waals surface area contributed by atoms with Gasteiger partial charge in [0, 0.05) is 38.4 Å². The first-order valence-corrected chi connectivity index (χ1v) is 6.88. The van der Waals surface area contributed by atoms with Crippen molar-refractivity contribution in [2.45, 2.75) is 32.0 Å². The van der Waals surface area contributed by atoms with Crippen molar-refractivity contribution >= 4 is 12.0 Å². The van der Waals surface area contributed by atoms with E-state index in [1.807, 2.05) is 19.1 Å². The van der Waals surface area contributed by atoms with Crippen molar-refractivity contribution in [2.24, 2.45) is 0 Å². The molecule has 114 valence electrons. The predicted octanol–water partition coefficient (Wildman–Crippen LogP) is 0.543. The highest BCUT2D eigenvalue weighted by Crippen LogP contribution is 2.20. The van der Waals surface area contributed by atoms with Gasteiger partial charge in [-0.25, -0.2) is 9.59 Å². The van der Waals surface area contributed by atoms with E-state index in [9.17, 15) is 14.7 Å². The first-order valence-electron chi connectivity index (χ1n) is 6.88. The van der Waals surface area contributed by atoms with Crippen molar-refractivity contribution in [1.82, 2.24) is 14.8 Å². The van der Waals surface area contributed by atoms with Gasteiger partial charge in [0.2, 0.25) is 0 Å². The van der Waals surface area contributed by atoms with Crippen LogP contribution in [-0.4, -0.2) is 62.2 Å². The number of pyridine rings is 1. The third-order valence-corrected chi connectivity index (χ3v) is 3.58. The average Bonchev–Trinajstić information content (AvgIpc) is 2.87. The van der Waals surface area contributed by atoms with Crippen LogP contribution < -0.4 is 0 Å². The van der Waals surface area contributed by atoms with Gasteiger partial charge < -0.3 is 20.0 Å². The predicted molar refractivity (Wildman–Crippen MR) is 74.5 cm³/mol. The summed E-state index contributed by atoms with van der Waals surface area (Å²) in [5.74, 6) is -1.08. The zero-order valence-electron chi connectivity index (χ0n) is 11.8. The molecule has 2 N–H and O–H groups in total. The van der Waals surface area contributed by atoms with Crippen LogP contribution in [0.3, 0.4) is 0 Å². The second-order valence-electron chi connectivity index (χ2n) is 5.05. The van der Waals surface area contributed by atoms with E-state index >= 15 is 0 Å². The molecule has 0 saturated carbocycles. The Morgan fingerprint density at radius 1 is 1.43 bits per heavy atom. The summed E-state index contributed by atoms with van der Waals surface area (Å²) in [6.45, 7) is 2.74. The van der Waals surface area contributed by atoms with E-state index in [1.165, 1.54) is 4.90 Å². The van der Waals surface area contributed by atoms with Crippen molar-refractivity contribution in [3.05, 3.63) is 30.1 Å². The number of carbonyl (C=O) groups is 2. The first-order chi connectivity index (χ1) is 10.0. The molecule has 1 aliphatic rings. The largest absolute Gasteiger partial charge is 0.480 e. The van der Waals surface area contributed by atoms with Crippen LogP contribution in [0, 0.1) is 0 Å². The molecule has 21 heavy (non-hydrogen) atoms. The van der Waals surface area contributed by atoms with Gasteiger partial charge in [-0.05, 0) is 24.6 Å². The first kappa shape index (κ1) is 15.2. The average molecular weight is 293 g/mol. The Hall–Kier alpha value is -2.15. The molecule has 0 unspecified atom stereocenters. The van der Waals surface area contributed by atoms with Crippen LogP contribution in [0.5, 0.6) is 0 Å². The summed E-state index contributed by atoms with van der Waals surface area (Å²) in [4.78, 5) is 30.4. The van der Waals surface area contributed by atoms with Crippen LogP contribution in [0.4, 0.5) is 4.79 Å². The van der Waals surface area contributed by atoms with E-state index in [1.54, 1.807) is 17.3 Å². The lowest BCUT2D eigenvalue weighted by Crippen LogP contribution is -2.47. The van der Waals surface area contributed by atoms with Crippen molar-refractivity contribution in [3.63, 3.8) is 0 Å². The molecule has 0 aliphatic carbocycles. The Balaban J connectivity index is 2.10. The highest BCUT2D eigenvalue weighted by Gasteiger charge is 2.40. The van der Waals surface area contributed by atoms with Crippen LogP contribution in [0.15, 0.2) is 24.5 Å². The minimum Gasteiger partial charge on any atom is -0.480 e. The van der Waals surface area contributed by atoms with Gasteiger partial charge in [0.05, 0.1) is 6.10 Å². The number of aromatic nitrogens is 1. The van der Waals surface area contributed by atoms with Crippen LogP contribution in [0.2, 0.25) is 0 Å². The molecule has 7 nitrogen and oxygen atoms in total. The number of carboxylic acid groups (broad SMARTS) is 1. The molecule has 0 bridgehead atoms. The zero-order chi connectivity index (χ0) is 15.4. The van der Waals surface area contributed by atoms with Gasteiger partial charge in [-0.15, -0.1) is 0 Å². The van der Waals surface area contributed by atoms with Gasteiger partial charge in [0.15, 0.2) is 0 Å². The minimum absolute atomic E-state index is 0.0582. The molecule has 7 heteroatoms. The monoisotopic (exact) mass is 293 g/mol. The number of nitrogens with zero attached hydrogens (tertiary/aromatic N) is 3. The molecule has 1 aromatic rings. The van der Waals surface area contributed by atoms with Crippen LogP contribution in [0.25, 0.3) is 0 Å². The van der Waals surface area contributed by atoms with Crippen LogP contribution in [0.1, 0.15) is 18.9 Å². The zero-order valence-corrected chi connectivity index (χ0v) is 11.8. The van der Waals surface area contributed by atoms with Crippen molar-refractivity contribution in [3.8, 4) is 0 Å². The highest BCUT2D eigenvalue weighted by molar-refractivity contribution is 5.83. The Morgan fingerprint density at radius 2 is 2.10 bits per heavy atom. The molecule has 2 rings (SSSR count). The lowest BCUT2D eigenvalue weighted by Gasteiger charge is -2.29. The number of carboxylic acids is 1. The number of aliphatic hydroxyl groups is 1. The second-order valence-corrected chi connectivity index (χ2v) is 5.05. The number of likely N-dealkylation sites (tertiary alicyclic amines) is 1. The van der Waals surface area contributed by atoms with E-state index in [2.05, 4.69) is 4.98 Å². The summed E-state index contributed by atoms with van der Waals surface area (Å²) in [7, 11) is 0. The summed E-state index contributed by atoms with van der Waals surface area (Å²) in [6, 6.07) is 2.30. The summed E-state index contributed by atoms with van der Waals surface area (Å²) in [5.41, 5.74) is 0.923. The molecule has 1 aromatic heterocycles. The van der Waals surface area contributed by atoms with Gasteiger partial charge in [-0.2, -0.15) is 0 Å². The van der Waals surface area contributed by atoms with E-state index in [0.717, 1.165) is 5.56 Å². The summed E-state index contributed by atoms with van der Waals surface area (Å²) in [5, 5.41) is 18.8. The van der Waals surface area contributed by atoms with Crippen molar-refractivity contribution < 1.29 is 19.8 Å². The Morgan fingerprint density at radius 3 is 2.67 bits per heavy atom.